The molecule has 3 fully saturated rings. The summed E-state index contributed by atoms with van der Waals surface area (Å²) in [6.07, 6.45) is 4.86. The molecular weight excluding hydrogens is 498 g/mol. The van der Waals surface area contributed by atoms with Crippen molar-refractivity contribution in [3.63, 3.8) is 0 Å². The molecule has 2 atom stereocenters. The number of rotatable bonds is 4. The molecule has 3 aliphatic rings. The number of piperidine rings is 1. The smallest absolute Gasteiger partial charge is 0.317 e. The molecular formula is C31H34F2N4O2. The summed E-state index contributed by atoms with van der Waals surface area (Å²) in [5.41, 5.74) is 1.70. The van der Waals surface area contributed by atoms with E-state index < -0.39 is 0 Å². The SMILES string of the molecule is O=C(NC1C[C@H]2CC[C@H](C1)N2Cc1ccc2cc(F)ccc2c1)N1CCCN(C(=O)c2ccc(F)cc2)CC1. The Morgan fingerprint density at radius 2 is 1.41 bits per heavy atom. The number of fused-ring (bicyclic) bond motifs is 3. The molecule has 204 valence electrons. The van der Waals surface area contributed by atoms with E-state index in [0.29, 0.717) is 50.2 Å². The van der Waals surface area contributed by atoms with Crippen molar-refractivity contribution in [1.29, 1.82) is 0 Å². The first kappa shape index (κ1) is 25.7. The van der Waals surface area contributed by atoms with Gasteiger partial charge in [-0.15, -0.1) is 0 Å². The second-order valence-corrected chi connectivity index (χ2v) is 11.1. The van der Waals surface area contributed by atoms with Crippen LogP contribution in [0.3, 0.4) is 0 Å². The van der Waals surface area contributed by atoms with Gasteiger partial charge in [0.15, 0.2) is 0 Å². The molecule has 3 aromatic carbocycles. The first-order valence-electron chi connectivity index (χ1n) is 14.0. The molecule has 0 aromatic heterocycles. The minimum Gasteiger partial charge on any atom is -0.337 e. The number of carbonyl (C=O) groups is 2. The van der Waals surface area contributed by atoms with Crippen molar-refractivity contribution in [1.82, 2.24) is 20.0 Å². The van der Waals surface area contributed by atoms with Crippen LogP contribution in [0.2, 0.25) is 0 Å². The molecule has 3 aromatic rings. The predicted octanol–water partition coefficient (Wildman–Crippen LogP) is 5.17. The van der Waals surface area contributed by atoms with Gasteiger partial charge in [0.05, 0.1) is 0 Å². The second kappa shape index (κ2) is 10.9. The fourth-order valence-corrected chi connectivity index (χ4v) is 6.59. The van der Waals surface area contributed by atoms with Crippen molar-refractivity contribution in [2.75, 3.05) is 26.2 Å². The number of hydrogen-bond acceptors (Lipinski definition) is 3. The van der Waals surface area contributed by atoms with Crippen LogP contribution in [0.5, 0.6) is 0 Å². The van der Waals surface area contributed by atoms with Gasteiger partial charge in [0, 0.05) is 56.4 Å². The van der Waals surface area contributed by atoms with Gasteiger partial charge in [-0.2, -0.15) is 0 Å². The van der Waals surface area contributed by atoms with E-state index >= 15 is 0 Å². The lowest BCUT2D eigenvalue weighted by Crippen LogP contribution is -2.53. The highest BCUT2D eigenvalue weighted by atomic mass is 19.1. The standard InChI is InChI=1S/C31H34F2N4O2/c32-25-7-4-22(5-8-25)30(38)35-12-1-13-36(15-14-35)31(39)34-27-18-28-10-11-29(19-27)37(28)20-21-2-3-24-17-26(33)9-6-23(24)16-21/h2-9,16-17,27-29H,1,10-15,18-20H2,(H,34,39)/t28-,29-/m1/s1. The predicted molar refractivity (Wildman–Crippen MR) is 146 cm³/mol. The van der Waals surface area contributed by atoms with E-state index in [9.17, 15) is 18.4 Å². The highest BCUT2D eigenvalue weighted by Crippen LogP contribution is 2.37. The molecule has 3 aliphatic heterocycles. The van der Waals surface area contributed by atoms with E-state index in [4.69, 9.17) is 0 Å². The summed E-state index contributed by atoms with van der Waals surface area (Å²) in [5, 5.41) is 5.26. The normalized spacial score (nSPS) is 23.6. The molecule has 8 heteroatoms. The van der Waals surface area contributed by atoms with Crippen LogP contribution < -0.4 is 5.32 Å². The summed E-state index contributed by atoms with van der Waals surface area (Å²) in [6.45, 7) is 3.00. The zero-order valence-electron chi connectivity index (χ0n) is 22.0. The van der Waals surface area contributed by atoms with E-state index in [2.05, 4.69) is 22.3 Å². The Kier molecular flexibility index (Phi) is 7.21. The average molecular weight is 533 g/mol. The van der Waals surface area contributed by atoms with Crippen LogP contribution in [-0.2, 0) is 6.54 Å². The Balaban J connectivity index is 1.02. The van der Waals surface area contributed by atoms with Gasteiger partial charge in [-0.3, -0.25) is 9.69 Å². The van der Waals surface area contributed by atoms with Crippen LogP contribution in [-0.4, -0.2) is 70.9 Å². The molecule has 39 heavy (non-hydrogen) atoms. The van der Waals surface area contributed by atoms with Gasteiger partial charge in [-0.1, -0.05) is 18.2 Å². The van der Waals surface area contributed by atoms with E-state index in [1.54, 1.807) is 11.0 Å². The number of carbonyl (C=O) groups excluding carboxylic acids is 2. The van der Waals surface area contributed by atoms with Crippen LogP contribution in [0.1, 0.15) is 48.0 Å². The topological polar surface area (TPSA) is 55.9 Å². The van der Waals surface area contributed by atoms with Crippen LogP contribution in [0.4, 0.5) is 13.6 Å². The molecule has 3 amide bonds. The van der Waals surface area contributed by atoms with E-state index in [1.165, 1.54) is 35.9 Å². The number of nitrogens with zero attached hydrogens (tertiary/aromatic N) is 3. The fourth-order valence-electron chi connectivity index (χ4n) is 6.59. The van der Waals surface area contributed by atoms with Crippen LogP contribution in [0, 0.1) is 11.6 Å². The third kappa shape index (κ3) is 5.62. The Bertz CT molecular complexity index is 1350. The second-order valence-electron chi connectivity index (χ2n) is 11.1. The maximum atomic E-state index is 13.5. The van der Waals surface area contributed by atoms with E-state index in [-0.39, 0.29) is 29.6 Å². The van der Waals surface area contributed by atoms with Crippen molar-refractivity contribution >= 4 is 22.7 Å². The third-order valence-corrected chi connectivity index (χ3v) is 8.61. The number of hydrogen-bond donors (Lipinski definition) is 1. The molecule has 0 spiro atoms. The molecule has 3 saturated heterocycles. The van der Waals surface area contributed by atoms with Crippen molar-refractivity contribution in [2.45, 2.75) is 56.8 Å². The largest absolute Gasteiger partial charge is 0.337 e. The molecule has 2 bridgehead atoms. The Labute approximate surface area is 227 Å². The minimum atomic E-state index is -0.365. The monoisotopic (exact) mass is 532 g/mol. The van der Waals surface area contributed by atoms with E-state index in [1.807, 2.05) is 17.0 Å². The number of benzene rings is 3. The molecule has 6 rings (SSSR count). The molecule has 3 heterocycles. The van der Waals surface area contributed by atoms with Gasteiger partial charge in [-0.25, -0.2) is 13.6 Å². The third-order valence-electron chi connectivity index (χ3n) is 8.61. The van der Waals surface area contributed by atoms with E-state index in [0.717, 1.165) is 43.0 Å². The first-order valence-corrected chi connectivity index (χ1v) is 14.0. The minimum absolute atomic E-state index is 0.0503. The molecule has 1 N–H and O–H groups in total. The molecule has 0 aliphatic carbocycles. The number of urea groups is 1. The summed E-state index contributed by atoms with van der Waals surface area (Å²) in [7, 11) is 0. The van der Waals surface area contributed by atoms with Gasteiger partial charge in [-0.05, 0) is 90.9 Å². The lowest BCUT2D eigenvalue weighted by molar-refractivity contribution is 0.0761. The first-order chi connectivity index (χ1) is 18.9. The fraction of sp³-hybridized carbons (Fsp3) is 0.419. The Morgan fingerprint density at radius 1 is 0.769 bits per heavy atom. The quantitative estimate of drug-likeness (QED) is 0.505. The molecule has 0 saturated carbocycles. The van der Waals surface area contributed by atoms with Gasteiger partial charge in [0.1, 0.15) is 11.6 Å². The van der Waals surface area contributed by atoms with Crippen molar-refractivity contribution < 1.29 is 18.4 Å². The van der Waals surface area contributed by atoms with Crippen molar-refractivity contribution in [3.05, 3.63) is 83.4 Å². The maximum absolute atomic E-state index is 13.5. The van der Waals surface area contributed by atoms with Crippen LogP contribution >= 0.6 is 0 Å². The number of nitrogens with one attached hydrogen (secondary N) is 1. The molecule has 0 unspecified atom stereocenters. The Hall–Kier alpha value is -3.52. The van der Waals surface area contributed by atoms with Gasteiger partial charge < -0.3 is 15.1 Å². The highest BCUT2D eigenvalue weighted by Gasteiger charge is 2.41. The van der Waals surface area contributed by atoms with Gasteiger partial charge in [0.25, 0.3) is 5.91 Å². The summed E-state index contributed by atoms with van der Waals surface area (Å²) >= 11 is 0. The Morgan fingerprint density at radius 3 is 2.18 bits per heavy atom. The highest BCUT2D eigenvalue weighted by molar-refractivity contribution is 5.94. The van der Waals surface area contributed by atoms with Crippen LogP contribution in [0.15, 0.2) is 60.7 Å². The van der Waals surface area contributed by atoms with Gasteiger partial charge >= 0.3 is 6.03 Å². The summed E-state index contributed by atoms with van der Waals surface area (Å²) in [6, 6.07) is 17.8. The maximum Gasteiger partial charge on any atom is 0.317 e. The zero-order chi connectivity index (χ0) is 26.9. The summed E-state index contributed by atoms with van der Waals surface area (Å²) < 4.78 is 26.8. The van der Waals surface area contributed by atoms with Gasteiger partial charge in [0.2, 0.25) is 0 Å². The zero-order valence-corrected chi connectivity index (χ0v) is 22.0. The lowest BCUT2D eigenvalue weighted by atomic mass is 9.96. The van der Waals surface area contributed by atoms with Crippen LogP contribution in [0.25, 0.3) is 10.8 Å². The summed E-state index contributed by atoms with van der Waals surface area (Å²) in [4.78, 5) is 32.2. The molecule has 6 nitrogen and oxygen atoms in total. The van der Waals surface area contributed by atoms with Crippen molar-refractivity contribution in [3.8, 4) is 0 Å². The number of halogens is 2. The average Bonchev–Trinajstić information content (AvgIpc) is 3.11. The number of amides is 3. The summed E-state index contributed by atoms with van der Waals surface area (Å²) in [5.74, 6) is -0.704. The lowest BCUT2D eigenvalue weighted by Gasteiger charge is -2.39. The molecule has 0 radical (unpaired) electrons. The van der Waals surface area contributed by atoms with Crippen molar-refractivity contribution in [2.24, 2.45) is 0 Å².